The van der Waals surface area contributed by atoms with Gasteiger partial charge < -0.3 is 15.2 Å². The number of pyridine rings is 1. The highest BCUT2D eigenvalue weighted by Crippen LogP contribution is 2.35. The molecule has 0 saturated heterocycles. The van der Waals surface area contributed by atoms with Gasteiger partial charge in [0.05, 0.1) is 5.60 Å². The smallest absolute Gasteiger partial charge is 0.339 e. The molecular weight excluding hydrogens is 268 g/mol. The van der Waals surface area contributed by atoms with Crippen molar-refractivity contribution in [2.45, 2.75) is 50.5 Å². The van der Waals surface area contributed by atoms with E-state index in [1.165, 1.54) is 6.42 Å². The summed E-state index contributed by atoms with van der Waals surface area (Å²) in [5.41, 5.74) is 2.28. The number of anilines is 1. The van der Waals surface area contributed by atoms with E-state index in [0.717, 1.165) is 49.8 Å². The van der Waals surface area contributed by atoms with E-state index in [1.807, 2.05) is 0 Å². The summed E-state index contributed by atoms with van der Waals surface area (Å²) in [7, 11) is 1.72. The Labute approximate surface area is 124 Å². The predicted molar refractivity (Wildman–Crippen MR) is 79.9 cm³/mol. The van der Waals surface area contributed by atoms with Crippen LogP contribution in [0, 0.1) is 0 Å². The van der Waals surface area contributed by atoms with E-state index in [4.69, 9.17) is 4.74 Å². The van der Waals surface area contributed by atoms with E-state index in [9.17, 15) is 9.90 Å². The molecule has 114 valence electrons. The van der Waals surface area contributed by atoms with Crippen LogP contribution in [0.1, 0.15) is 53.7 Å². The van der Waals surface area contributed by atoms with Crippen LogP contribution in [0.15, 0.2) is 6.07 Å². The van der Waals surface area contributed by atoms with Crippen molar-refractivity contribution in [1.82, 2.24) is 4.98 Å². The minimum Gasteiger partial charge on any atom is -0.478 e. The Bertz CT molecular complexity index is 547. The Morgan fingerprint density at radius 2 is 2.14 bits per heavy atom. The first kappa shape index (κ1) is 14.3. The second kappa shape index (κ2) is 5.64. The van der Waals surface area contributed by atoms with Crippen LogP contribution in [0.4, 0.5) is 5.82 Å². The van der Waals surface area contributed by atoms with E-state index in [1.54, 1.807) is 13.2 Å². The van der Waals surface area contributed by atoms with Crippen molar-refractivity contribution in [2.24, 2.45) is 0 Å². The van der Waals surface area contributed by atoms with Crippen molar-refractivity contribution < 1.29 is 14.6 Å². The Hall–Kier alpha value is -1.62. The van der Waals surface area contributed by atoms with E-state index in [0.29, 0.717) is 12.4 Å². The lowest BCUT2D eigenvalue weighted by molar-refractivity contribution is -0.0601. The Kier molecular flexibility index (Phi) is 3.85. The van der Waals surface area contributed by atoms with Crippen LogP contribution in [-0.2, 0) is 17.6 Å². The largest absolute Gasteiger partial charge is 0.478 e. The molecule has 2 aliphatic rings. The number of ether oxygens (including phenoxy) is 1. The van der Waals surface area contributed by atoms with Crippen molar-refractivity contribution in [1.29, 1.82) is 0 Å². The Morgan fingerprint density at radius 1 is 1.38 bits per heavy atom. The number of methoxy groups -OCH3 is 1. The van der Waals surface area contributed by atoms with Crippen molar-refractivity contribution in [2.75, 3.05) is 19.0 Å². The molecule has 5 nitrogen and oxygen atoms in total. The lowest BCUT2D eigenvalue weighted by Gasteiger charge is -2.40. The minimum absolute atomic E-state index is 0.145. The molecule has 1 heterocycles. The van der Waals surface area contributed by atoms with Gasteiger partial charge in [0.25, 0.3) is 0 Å². The second-order valence-electron chi connectivity index (χ2n) is 6.10. The number of nitrogens with zero attached hydrogens (tertiary/aromatic N) is 1. The number of aromatic nitrogens is 1. The van der Waals surface area contributed by atoms with Crippen LogP contribution in [0.2, 0.25) is 0 Å². The SMILES string of the molecule is COC1(CNc2nc3c(cc2C(=O)O)CCCC3)CCC1. The van der Waals surface area contributed by atoms with E-state index in [2.05, 4.69) is 10.3 Å². The maximum absolute atomic E-state index is 11.5. The maximum atomic E-state index is 11.5. The van der Waals surface area contributed by atoms with Crippen molar-refractivity contribution in [3.63, 3.8) is 0 Å². The van der Waals surface area contributed by atoms with Gasteiger partial charge >= 0.3 is 5.97 Å². The second-order valence-corrected chi connectivity index (χ2v) is 6.10. The average Bonchev–Trinajstić information content (AvgIpc) is 2.45. The van der Waals surface area contributed by atoms with E-state index >= 15 is 0 Å². The third-order valence-corrected chi connectivity index (χ3v) is 4.81. The molecule has 5 heteroatoms. The van der Waals surface area contributed by atoms with Gasteiger partial charge in [0.1, 0.15) is 11.4 Å². The van der Waals surface area contributed by atoms with Gasteiger partial charge in [0, 0.05) is 19.3 Å². The topological polar surface area (TPSA) is 71.5 Å². The number of hydrogen-bond acceptors (Lipinski definition) is 4. The minimum atomic E-state index is -0.918. The van der Waals surface area contributed by atoms with Gasteiger partial charge in [0.2, 0.25) is 0 Å². The first-order valence-corrected chi connectivity index (χ1v) is 7.69. The fourth-order valence-electron chi connectivity index (χ4n) is 3.20. The van der Waals surface area contributed by atoms with Gasteiger partial charge in [-0.15, -0.1) is 0 Å². The molecule has 0 aliphatic heterocycles. The average molecular weight is 290 g/mol. The fourth-order valence-corrected chi connectivity index (χ4v) is 3.20. The number of carboxylic acid groups (broad SMARTS) is 1. The molecule has 0 bridgehead atoms. The molecule has 0 amide bonds. The standard InChI is InChI=1S/C16H22N2O3/c1-21-16(7-4-8-16)10-17-14-12(15(19)20)9-11-5-2-3-6-13(11)18-14/h9H,2-8,10H2,1H3,(H,17,18)(H,19,20). The van der Waals surface area contributed by atoms with Gasteiger partial charge in [-0.3, -0.25) is 0 Å². The molecule has 1 aromatic rings. The maximum Gasteiger partial charge on any atom is 0.339 e. The number of rotatable bonds is 5. The van der Waals surface area contributed by atoms with E-state index in [-0.39, 0.29) is 11.2 Å². The summed E-state index contributed by atoms with van der Waals surface area (Å²) in [5.74, 6) is -0.426. The van der Waals surface area contributed by atoms with Gasteiger partial charge in [0.15, 0.2) is 0 Å². The summed E-state index contributed by atoms with van der Waals surface area (Å²) in [6, 6.07) is 1.80. The van der Waals surface area contributed by atoms with Gasteiger partial charge in [-0.05, 0) is 56.6 Å². The Morgan fingerprint density at radius 3 is 2.76 bits per heavy atom. The molecule has 0 radical (unpaired) electrons. The van der Waals surface area contributed by atoms with Crippen LogP contribution >= 0.6 is 0 Å². The highest BCUT2D eigenvalue weighted by Gasteiger charge is 2.37. The molecule has 2 aliphatic carbocycles. The molecule has 1 fully saturated rings. The van der Waals surface area contributed by atoms with Gasteiger partial charge in [-0.2, -0.15) is 0 Å². The van der Waals surface area contributed by atoms with Crippen molar-refractivity contribution in [3.05, 3.63) is 22.9 Å². The normalized spacial score (nSPS) is 19.5. The third kappa shape index (κ3) is 2.75. The molecule has 0 spiro atoms. The zero-order valence-electron chi connectivity index (χ0n) is 12.4. The fraction of sp³-hybridized carbons (Fsp3) is 0.625. The number of fused-ring (bicyclic) bond motifs is 1. The quantitative estimate of drug-likeness (QED) is 0.872. The molecule has 3 rings (SSSR count). The molecule has 1 saturated carbocycles. The lowest BCUT2D eigenvalue weighted by Crippen LogP contribution is -2.45. The summed E-state index contributed by atoms with van der Waals surface area (Å²) in [6.07, 6.45) is 7.33. The zero-order valence-corrected chi connectivity index (χ0v) is 12.4. The predicted octanol–water partition coefficient (Wildman–Crippen LogP) is 2.64. The molecule has 1 aromatic heterocycles. The monoisotopic (exact) mass is 290 g/mol. The van der Waals surface area contributed by atoms with Gasteiger partial charge in [-0.1, -0.05) is 0 Å². The lowest BCUT2D eigenvalue weighted by atomic mass is 9.80. The van der Waals surface area contributed by atoms with Crippen LogP contribution in [0.5, 0.6) is 0 Å². The number of aromatic carboxylic acids is 1. The molecule has 2 N–H and O–H groups in total. The Balaban J connectivity index is 1.84. The van der Waals surface area contributed by atoms with Crippen molar-refractivity contribution in [3.8, 4) is 0 Å². The summed E-state index contributed by atoms with van der Waals surface area (Å²) >= 11 is 0. The van der Waals surface area contributed by atoms with Crippen molar-refractivity contribution >= 4 is 11.8 Å². The van der Waals surface area contributed by atoms with Gasteiger partial charge in [-0.25, -0.2) is 9.78 Å². The van der Waals surface area contributed by atoms with Crippen LogP contribution in [0.3, 0.4) is 0 Å². The highest BCUT2D eigenvalue weighted by molar-refractivity contribution is 5.93. The first-order chi connectivity index (χ1) is 10.1. The number of aryl methyl sites for hydroxylation is 2. The number of nitrogens with one attached hydrogen (secondary N) is 1. The first-order valence-electron chi connectivity index (χ1n) is 7.69. The van der Waals surface area contributed by atoms with Crippen LogP contribution < -0.4 is 5.32 Å². The summed E-state index contributed by atoms with van der Waals surface area (Å²) in [4.78, 5) is 16.1. The zero-order chi connectivity index (χ0) is 14.9. The number of carboxylic acids is 1. The highest BCUT2D eigenvalue weighted by atomic mass is 16.5. The molecule has 0 unspecified atom stereocenters. The van der Waals surface area contributed by atoms with E-state index < -0.39 is 5.97 Å². The molecule has 0 aromatic carbocycles. The summed E-state index contributed by atoms with van der Waals surface area (Å²) in [5, 5.41) is 12.6. The molecular formula is C16H22N2O3. The molecule has 21 heavy (non-hydrogen) atoms. The van der Waals surface area contributed by atoms with Crippen LogP contribution in [-0.4, -0.2) is 35.3 Å². The van der Waals surface area contributed by atoms with Crippen LogP contribution in [0.25, 0.3) is 0 Å². The summed E-state index contributed by atoms with van der Waals surface area (Å²) in [6.45, 7) is 0.621. The third-order valence-electron chi connectivity index (χ3n) is 4.81. The number of carbonyl (C=O) groups is 1. The summed E-state index contributed by atoms with van der Waals surface area (Å²) < 4.78 is 5.57. The molecule has 0 atom stereocenters. The number of hydrogen-bond donors (Lipinski definition) is 2.